The van der Waals surface area contributed by atoms with E-state index in [9.17, 15) is 0 Å². The second kappa shape index (κ2) is 9.94. The third kappa shape index (κ3) is 5.27. The Balaban J connectivity index is 0.00000196. The Hall–Kier alpha value is -0.0400. The highest BCUT2D eigenvalue weighted by Gasteiger charge is 2.44. The molecule has 4 fully saturated rings. The maximum Gasteiger partial charge on any atom is 0.194 e. The summed E-state index contributed by atoms with van der Waals surface area (Å²) in [6, 6.07) is 0.714. The number of likely N-dealkylation sites (tertiary alicyclic amines) is 2. The molecule has 3 unspecified atom stereocenters. The number of rotatable bonds is 5. The quantitative estimate of drug-likeness (QED) is 0.372. The van der Waals surface area contributed by atoms with Crippen molar-refractivity contribution in [3.05, 3.63) is 0 Å². The van der Waals surface area contributed by atoms with Gasteiger partial charge in [-0.2, -0.15) is 0 Å². The third-order valence-corrected chi connectivity index (χ3v) is 7.02. The van der Waals surface area contributed by atoms with Gasteiger partial charge in [0.25, 0.3) is 0 Å². The highest BCUT2D eigenvalue weighted by atomic mass is 127. The van der Waals surface area contributed by atoms with E-state index in [2.05, 4.69) is 22.0 Å². The van der Waals surface area contributed by atoms with E-state index in [1.165, 1.54) is 96.5 Å². The predicted octanol–water partition coefficient (Wildman–Crippen LogP) is 3.96. The Morgan fingerprint density at radius 3 is 2.50 bits per heavy atom. The molecule has 2 heterocycles. The zero-order chi connectivity index (χ0) is 17.1. The lowest BCUT2D eigenvalue weighted by atomic mass is 9.85. The van der Waals surface area contributed by atoms with E-state index < -0.39 is 0 Å². The molecule has 4 nitrogen and oxygen atoms in total. The maximum absolute atomic E-state index is 4.85. The molecule has 2 saturated carbocycles. The number of hydrogen-bond donors (Lipinski definition) is 1. The summed E-state index contributed by atoms with van der Waals surface area (Å²) >= 11 is 0. The van der Waals surface area contributed by atoms with Crippen LogP contribution in [0.2, 0.25) is 0 Å². The lowest BCUT2D eigenvalue weighted by Gasteiger charge is -2.25. The SMILES string of the molecule is CCN=C(NC1CC1C1CCCCC1)N1CCC(CN2CCCC2)C1.I. The molecular weight excluding hydrogens is 435 g/mol. The summed E-state index contributed by atoms with van der Waals surface area (Å²) in [5.74, 6) is 3.99. The molecule has 0 bridgehead atoms. The van der Waals surface area contributed by atoms with Crippen LogP contribution in [0.3, 0.4) is 0 Å². The van der Waals surface area contributed by atoms with Crippen molar-refractivity contribution >= 4 is 29.9 Å². The van der Waals surface area contributed by atoms with Crippen LogP contribution in [0.25, 0.3) is 0 Å². The average molecular weight is 474 g/mol. The Labute approximate surface area is 177 Å². The molecule has 26 heavy (non-hydrogen) atoms. The number of aliphatic imine (C=N–C) groups is 1. The monoisotopic (exact) mass is 474 g/mol. The summed E-state index contributed by atoms with van der Waals surface area (Å²) in [5.41, 5.74) is 0. The van der Waals surface area contributed by atoms with E-state index in [0.717, 1.165) is 24.3 Å². The van der Waals surface area contributed by atoms with Crippen LogP contribution >= 0.6 is 24.0 Å². The smallest absolute Gasteiger partial charge is 0.194 e. The second-order valence-electron chi connectivity index (χ2n) is 8.95. The van der Waals surface area contributed by atoms with Gasteiger partial charge in [0.05, 0.1) is 0 Å². The standard InChI is InChI=1S/C21H38N4.HI/c1-2-22-21(23-20-14-19(20)18-8-4-3-5-9-18)25-13-10-17(16-25)15-24-11-6-7-12-24;/h17-20H,2-16H2,1H3,(H,22,23);1H. The van der Waals surface area contributed by atoms with E-state index in [4.69, 9.17) is 4.99 Å². The molecule has 1 N–H and O–H groups in total. The second-order valence-corrected chi connectivity index (χ2v) is 8.95. The molecule has 0 amide bonds. The van der Waals surface area contributed by atoms with Gasteiger partial charge in [0, 0.05) is 32.2 Å². The van der Waals surface area contributed by atoms with Crippen LogP contribution in [-0.4, -0.2) is 61.1 Å². The number of guanidine groups is 1. The van der Waals surface area contributed by atoms with Crippen molar-refractivity contribution in [2.45, 2.75) is 70.8 Å². The van der Waals surface area contributed by atoms with Crippen molar-refractivity contribution < 1.29 is 0 Å². The lowest BCUT2D eigenvalue weighted by molar-refractivity contribution is 0.280. The minimum Gasteiger partial charge on any atom is -0.353 e. The van der Waals surface area contributed by atoms with E-state index in [1.54, 1.807) is 0 Å². The van der Waals surface area contributed by atoms with Crippen molar-refractivity contribution in [1.29, 1.82) is 0 Å². The molecule has 0 aromatic carbocycles. The first kappa shape index (κ1) is 20.7. The van der Waals surface area contributed by atoms with Crippen molar-refractivity contribution in [3.8, 4) is 0 Å². The highest BCUT2D eigenvalue weighted by Crippen LogP contribution is 2.44. The Bertz CT molecular complexity index is 457. The van der Waals surface area contributed by atoms with Gasteiger partial charge in [0.15, 0.2) is 5.96 Å². The molecule has 150 valence electrons. The molecule has 4 aliphatic rings. The van der Waals surface area contributed by atoms with E-state index in [1.807, 2.05) is 0 Å². The molecule has 0 aromatic heterocycles. The van der Waals surface area contributed by atoms with Crippen molar-refractivity contribution in [2.75, 3.05) is 39.3 Å². The first-order valence-corrected chi connectivity index (χ1v) is 11.1. The van der Waals surface area contributed by atoms with Crippen molar-refractivity contribution in [2.24, 2.45) is 22.7 Å². The minimum atomic E-state index is 0. The van der Waals surface area contributed by atoms with E-state index >= 15 is 0 Å². The van der Waals surface area contributed by atoms with Gasteiger partial charge in [-0.05, 0) is 63.5 Å². The van der Waals surface area contributed by atoms with Crippen LogP contribution in [0.1, 0.15) is 64.7 Å². The third-order valence-electron chi connectivity index (χ3n) is 7.02. The summed E-state index contributed by atoms with van der Waals surface area (Å²) < 4.78 is 0. The molecular formula is C21H39IN4. The van der Waals surface area contributed by atoms with Crippen LogP contribution in [-0.2, 0) is 0 Å². The van der Waals surface area contributed by atoms with Gasteiger partial charge in [-0.25, -0.2) is 0 Å². The zero-order valence-corrected chi connectivity index (χ0v) is 19.0. The van der Waals surface area contributed by atoms with Gasteiger partial charge in [-0.3, -0.25) is 4.99 Å². The van der Waals surface area contributed by atoms with Crippen molar-refractivity contribution in [3.63, 3.8) is 0 Å². The normalized spacial score (nSPS) is 33.3. The molecule has 3 atom stereocenters. The van der Waals surface area contributed by atoms with Crippen LogP contribution < -0.4 is 5.32 Å². The molecule has 2 saturated heterocycles. The largest absolute Gasteiger partial charge is 0.353 e. The zero-order valence-electron chi connectivity index (χ0n) is 16.7. The van der Waals surface area contributed by atoms with Crippen LogP contribution in [0.4, 0.5) is 0 Å². The maximum atomic E-state index is 4.85. The van der Waals surface area contributed by atoms with Gasteiger partial charge in [0.2, 0.25) is 0 Å². The van der Waals surface area contributed by atoms with Crippen LogP contribution in [0.15, 0.2) is 4.99 Å². The first-order valence-electron chi connectivity index (χ1n) is 11.1. The minimum absolute atomic E-state index is 0. The van der Waals surface area contributed by atoms with Gasteiger partial charge in [0.1, 0.15) is 0 Å². The number of hydrogen-bond acceptors (Lipinski definition) is 2. The summed E-state index contributed by atoms with van der Waals surface area (Å²) in [6.45, 7) is 9.45. The van der Waals surface area contributed by atoms with Crippen LogP contribution in [0.5, 0.6) is 0 Å². The molecule has 2 aliphatic heterocycles. The fraction of sp³-hybridized carbons (Fsp3) is 0.952. The van der Waals surface area contributed by atoms with Gasteiger partial charge in [-0.1, -0.05) is 32.1 Å². The van der Waals surface area contributed by atoms with Gasteiger partial charge in [-0.15, -0.1) is 24.0 Å². The summed E-state index contributed by atoms with van der Waals surface area (Å²) in [6.07, 6.45) is 12.9. The Kier molecular flexibility index (Phi) is 7.91. The number of nitrogens with zero attached hydrogens (tertiary/aromatic N) is 3. The van der Waals surface area contributed by atoms with Crippen LogP contribution in [0, 0.1) is 17.8 Å². The number of nitrogens with one attached hydrogen (secondary N) is 1. The fourth-order valence-corrected chi connectivity index (χ4v) is 5.52. The van der Waals surface area contributed by atoms with Gasteiger partial charge >= 0.3 is 0 Å². The predicted molar refractivity (Wildman–Crippen MR) is 120 cm³/mol. The molecule has 2 aliphatic carbocycles. The average Bonchev–Trinajstić information content (AvgIpc) is 3.00. The summed E-state index contributed by atoms with van der Waals surface area (Å²) in [7, 11) is 0. The first-order chi connectivity index (χ1) is 12.3. The van der Waals surface area contributed by atoms with Crippen molar-refractivity contribution in [1.82, 2.24) is 15.1 Å². The van der Waals surface area contributed by atoms with E-state index in [-0.39, 0.29) is 24.0 Å². The Morgan fingerprint density at radius 1 is 1.00 bits per heavy atom. The molecule has 0 spiro atoms. The topological polar surface area (TPSA) is 30.9 Å². The molecule has 0 radical (unpaired) electrons. The Morgan fingerprint density at radius 2 is 1.77 bits per heavy atom. The molecule has 5 heteroatoms. The van der Waals surface area contributed by atoms with Gasteiger partial charge < -0.3 is 15.1 Å². The molecule has 4 rings (SSSR count). The fourth-order valence-electron chi connectivity index (χ4n) is 5.52. The summed E-state index contributed by atoms with van der Waals surface area (Å²) in [4.78, 5) is 10.1. The lowest BCUT2D eigenvalue weighted by Crippen LogP contribution is -2.42. The summed E-state index contributed by atoms with van der Waals surface area (Å²) in [5, 5.41) is 3.86. The molecule has 0 aromatic rings. The number of halogens is 1. The highest BCUT2D eigenvalue weighted by molar-refractivity contribution is 14.0. The van der Waals surface area contributed by atoms with E-state index in [0.29, 0.717) is 6.04 Å².